The monoisotopic (exact) mass is 547 g/mol. The van der Waals surface area contributed by atoms with E-state index in [4.69, 9.17) is 4.74 Å². The van der Waals surface area contributed by atoms with Gasteiger partial charge in [0.2, 0.25) is 0 Å². The van der Waals surface area contributed by atoms with Crippen LogP contribution in [0.3, 0.4) is 0 Å². The molecule has 0 fully saturated rings. The second-order valence-corrected chi connectivity index (χ2v) is 9.19. The molecule has 0 atom stereocenters. The smallest absolute Gasteiger partial charge is 0.323 e. The number of nitrogens with zero attached hydrogens (tertiary/aromatic N) is 1. The van der Waals surface area contributed by atoms with E-state index in [1.807, 2.05) is 63.2 Å². The molecule has 3 aromatic rings. The molecule has 0 aromatic heterocycles. The summed E-state index contributed by atoms with van der Waals surface area (Å²) in [5, 5.41) is 19.5. The van der Waals surface area contributed by atoms with E-state index < -0.39 is 5.97 Å². The van der Waals surface area contributed by atoms with E-state index in [1.54, 1.807) is 17.0 Å². The van der Waals surface area contributed by atoms with Crippen LogP contribution >= 0.6 is 31.9 Å². The van der Waals surface area contributed by atoms with Crippen molar-refractivity contribution in [3.8, 4) is 17.2 Å². The molecule has 3 aromatic carbocycles. The lowest BCUT2D eigenvalue weighted by Gasteiger charge is -2.26. The van der Waals surface area contributed by atoms with E-state index in [9.17, 15) is 15.0 Å². The summed E-state index contributed by atoms with van der Waals surface area (Å²) in [6.45, 7) is 5.77. The minimum Gasteiger partial charge on any atom is -0.508 e. The Kier molecular flexibility index (Phi) is 7.28. The molecule has 0 saturated carbocycles. The number of hydrogen-bond acceptors (Lipinski definition) is 4. The third kappa shape index (κ3) is 5.40. The molecule has 0 spiro atoms. The number of hydrogen-bond donors (Lipinski definition) is 2. The Morgan fingerprint density at radius 2 is 1.71 bits per heavy atom. The molecule has 0 amide bonds. The average Bonchev–Trinajstić information content (AvgIpc) is 2.70. The molecule has 0 radical (unpaired) electrons. The van der Waals surface area contributed by atoms with Gasteiger partial charge in [0.05, 0.1) is 8.95 Å². The van der Waals surface area contributed by atoms with E-state index in [0.29, 0.717) is 26.1 Å². The van der Waals surface area contributed by atoms with Crippen molar-refractivity contribution in [3.63, 3.8) is 0 Å². The fraction of sp³-hybridized carbons (Fsp3) is 0.208. The quantitative estimate of drug-likeness (QED) is 0.322. The molecule has 0 heterocycles. The van der Waals surface area contributed by atoms with Crippen molar-refractivity contribution in [3.05, 3.63) is 74.7 Å². The lowest BCUT2D eigenvalue weighted by Crippen LogP contribution is -2.25. The Morgan fingerprint density at radius 3 is 2.29 bits per heavy atom. The zero-order valence-corrected chi connectivity index (χ0v) is 20.6. The van der Waals surface area contributed by atoms with Crippen LogP contribution in [-0.4, -0.2) is 22.7 Å². The molecule has 5 nitrogen and oxygen atoms in total. The Morgan fingerprint density at radius 1 is 1.06 bits per heavy atom. The van der Waals surface area contributed by atoms with Gasteiger partial charge in [-0.15, -0.1) is 0 Å². The highest BCUT2D eigenvalue weighted by atomic mass is 79.9. The maximum absolute atomic E-state index is 11.5. The number of carboxylic acid groups (broad SMARTS) is 1. The predicted molar refractivity (Wildman–Crippen MR) is 130 cm³/mol. The van der Waals surface area contributed by atoms with Crippen molar-refractivity contribution >= 4 is 49.2 Å². The van der Waals surface area contributed by atoms with Gasteiger partial charge in [0, 0.05) is 16.9 Å². The van der Waals surface area contributed by atoms with Crippen LogP contribution in [0.1, 0.15) is 30.9 Å². The SMILES string of the molecule is Cc1ccccc1N(CC(=O)O)c1cc(Br)c(Oc2ccc(O)c(C(C)C)c2)c(Br)c1. The molecule has 2 N–H and O–H groups in total. The molecular formula is C24H23Br2NO4. The molecular weight excluding hydrogens is 526 g/mol. The first kappa shape index (κ1) is 23.2. The fourth-order valence-electron chi connectivity index (χ4n) is 3.29. The first-order valence-corrected chi connectivity index (χ1v) is 11.3. The Labute approximate surface area is 198 Å². The number of aromatic hydroxyl groups is 1. The van der Waals surface area contributed by atoms with Gasteiger partial charge in [-0.1, -0.05) is 32.0 Å². The summed E-state index contributed by atoms with van der Waals surface area (Å²) >= 11 is 7.13. The summed E-state index contributed by atoms with van der Waals surface area (Å²) in [6.07, 6.45) is 0. The normalized spacial score (nSPS) is 10.9. The van der Waals surface area contributed by atoms with Gasteiger partial charge in [-0.25, -0.2) is 0 Å². The van der Waals surface area contributed by atoms with Crippen LogP contribution in [-0.2, 0) is 4.79 Å². The number of aryl methyl sites for hydroxylation is 1. The van der Waals surface area contributed by atoms with Crippen LogP contribution in [0, 0.1) is 6.92 Å². The highest BCUT2D eigenvalue weighted by Crippen LogP contribution is 2.42. The number of halogens is 2. The Bertz CT molecular complexity index is 1090. The number of carboxylic acids is 1. The van der Waals surface area contributed by atoms with Gasteiger partial charge in [0.1, 0.15) is 18.0 Å². The summed E-state index contributed by atoms with van der Waals surface area (Å²) in [5.74, 6) is 0.608. The van der Waals surface area contributed by atoms with Gasteiger partial charge in [0.15, 0.2) is 5.75 Å². The van der Waals surface area contributed by atoms with Gasteiger partial charge in [-0.2, -0.15) is 0 Å². The summed E-state index contributed by atoms with van der Waals surface area (Å²) in [6, 6.07) is 16.5. The van der Waals surface area contributed by atoms with Crippen LogP contribution in [0.5, 0.6) is 17.2 Å². The fourth-order valence-corrected chi connectivity index (χ4v) is 4.62. The third-order valence-electron chi connectivity index (χ3n) is 4.84. The highest BCUT2D eigenvalue weighted by Gasteiger charge is 2.19. The predicted octanol–water partition coefficient (Wildman–Crippen LogP) is 7.36. The first-order valence-electron chi connectivity index (χ1n) is 9.72. The average molecular weight is 549 g/mol. The van der Waals surface area contributed by atoms with Gasteiger partial charge in [0.25, 0.3) is 0 Å². The number of rotatable bonds is 7. The zero-order chi connectivity index (χ0) is 22.7. The lowest BCUT2D eigenvalue weighted by atomic mass is 10.0. The molecule has 0 aliphatic rings. The summed E-state index contributed by atoms with van der Waals surface area (Å²) < 4.78 is 7.42. The number of para-hydroxylation sites is 1. The van der Waals surface area contributed by atoms with E-state index in [1.165, 1.54) is 0 Å². The van der Waals surface area contributed by atoms with Crippen molar-refractivity contribution in [2.45, 2.75) is 26.7 Å². The molecule has 0 bridgehead atoms. The van der Waals surface area contributed by atoms with Gasteiger partial charge < -0.3 is 19.8 Å². The molecule has 0 unspecified atom stereocenters. The van der Waals surface area contributed by atoms with Crippen molar-refractivity contribution < 1.29 is 19.7 Å². The molecule has 31 heavy (non-hydrogen) atoms. The van der Waals surface area contributed by atoms with Crippen molar-refractivity contribution in [1.82, 2.24) is 0 Å². The number of carbonyl (C=O) groups is 1. The van der Waals surface area contributed by atoms with Crippen LogP contribution in [0.2, 0.25) is 0 Å². The number of benzene rings is 3. The second-order valence-electron chi connectivity index (χ2n) is 7.48. The van der Waals surface area contributed by atoms with Gasteiger partial charge >= 0.3 is 5.97 Å². The van der Waals surface area contributed by atoms with E-state index in [0.717, 1.165) is 16.8 Å². The lowest BCUT2D eigenvalue weighted by molar-refractivity contribution is -0.135. The number of phenols is 1. The molecule has 3 rings (SSSR count). The van der Waals surface area contributed by atoms with Crippen LogP contribution < -0.4 is 9.64 Å². The summed E-state index contributed by atoms with van der Waals surface area (Å²) in [7, 11) is 0. The maximum atomic E-state index is 11.5. The number of aliphatic carboxylic acids is 1. The minimum atomic E-state index is -0.930. The topological polar surface area (TPSA) is 70.0 Å². The minimum absolute atomic E-state index is 0.150. The molecule has 0 saturated heterocycles. The summed E-state index contributed by atoms with van der Waals surface area (Å²) in [4.78, 5) is 13.3. The maximum Gasteiger partial charge on any atom is 0.323 e. The van der Waals surface area contributed by atoms with Crippen LogP contribution in [0.4, 0.5) is 11.4 Å². The Balaban J connectivity index is 2.00. The van der Waals surface area contributed by atoms with Crippen molar-refractivity contribution in [2.75, 3.05) is 11.4 Å². The summed E-state index contributed by atoms with van der Waals surface area (Å²) in [5.41, 5.74) is 3.30. The third-order valence-corrected chi connectivity index (χ3v) is 6.01. The van der Waals surface area contributed by atoms with Crippen molar-refractivity contribution in [2.24, 2.45) is 0 Å². The number of ether oxygens (including phenoxy) is 1. The molecule has 162 valence electrons. The Hall–Kier alpha value is -2.51. The number of phenolic OH excluding ortho intramolecular Hbond substituents is 1. The van der Waals surface area contributed by atoms with E-state index in [2.05, 4.69) is 31.9 Å². The second kappa shape index (κ2) is 9.75. The molecule has 0 aliphatic heterocycles. The molecule has 0 aliphatic carbocycles. The van der Waals surface area contributed by atoms with Crippen LogP contribution in [0.25, 0.3) is 0 Å². The van der Waals surface area contributed by atoms with Crippen LogP contribution in [0.15, 0.2) is 63.5 Å². The largest absolute Gasteiger partial charge is 0.508 e. The molecule has 7 heteroatoms. The van der Waals surface area contributed by atoms with Crippen molar-refractivity contribution in [1.29, 1.82) is 0 Å². The number of anilines is 2. The zero-order valence-electron chi connectivity index (χ0n) is 17.4. The van der Waals surface area contributed by atoms with E-state index in [-0.39, 0.29) is 18.2 Å². The standard InChI is InChI=1S/C24H23Br2NO4/c1-14(2)18-12-17(8-9-22(18)28)31-24-19(25)10-16(11-20(24)26)27(13-23(29)30)21-7-5-4-6-15(21)3/h4-12,14,28H,13H2,1-3H3,(H,29,30). The van der Waals surface area contributed by atoms with Gasteiger partial charge in [-0.05, 0) is 86.7 Å². The van der Waals surface area contributed by atoms with Gasteiger partial charge in [-0.3, -0.25) is 4.79 Å². The highest BCUT2D eigenvalue weighted by molar-refractivity contribution is 9.11. The first-order chi connectivity index (χ1) is 14.7. The van der Waals surface area contributed by atoms with E-state index >= 15 is 0 Å².